The van der Waals surface area contributed by atoms with Crippen LogP contribution in [0.2, 0.25) is 0 Å². The summed E-state index contributed by atoms with van der Waals surface area (Å²) in [5.41, 5.74) is 15.2. The van der Waals surface area contributed by atoms with E-state index < -0.39 is 0 Å². The lowest BCUT2D eigenvalue weighted by molar-refractivity contribution is 0.660. The van der Waals surface area contributed by atoms with Crippen LogP contribution in [-0.4, -0.2) is 4.57 Å². The molecular weight excluding hydrogens is 713 g/mol. The van der Waals surface area contributed by atoms with Crippen LogP contribution >= 0.6 is 0 Å². The van der Waals surface area contributed by atoms with Crippen LogP contribution in [0, 0.1) is 0 Å². The molecule has 0 saturated heterocycles. The minimum Gasteiger partial charge on any atom is -0.312 e. The number of fused-ring (bicyclic) bond motifs is 13. The van der Waals surface area contributed by atoms with Crippen molar-refractivity contribution in [3.05, 3.63) is 205 Å². The molecule has 12 rings (SSSR count). The molecule has 59 heavy (non-hydrogen) atoms. The van der Waals surface area contributed by atoms with E-state index in [1.807, 2.05) is 0 Å². The molecule has 0 fully saturated rings. The smallest absolute Gasteiger partial charge is 0.0622 e. The molecule has 0 amide bonds. The largest absolute Gasteiger partial charge is 0.312 e. The quantitative estimate of drug-likeness (QED) is 0.159. The van der Waals surface area contributed by atoms with E-state index in [9.17, 15) is 0 Å². The fourth-order valence-electron chi connectivity index (χ4n) is 10.5. The van der Waals surface area contributed by atoms with Crippen LogP contribution in [0.15, 0.2) is 194 Å². The first-order valence-corrected chi connectivity index (χ1v) is 20.9. The number of hydrogen-bond acceptors (Lipinski definition) is 1. The van der Waals surface area contributed by atoms with Gasteiger partial charge >= 0.3 is 0 Å². The molecule has 280 valence electrons. The molecule has 2 heteroatoms. The third-order valence-electron chi connectivity index (χ3n) is 13.2. The van der Waals surface area contributed by atoms with E-state index in [2.05, 4.69) is 217 Å². The number of anilines is 3. The van der Waals surface area contributed by atoms with Crippen LogP contribution < -0.4 is 4.90 Å². The van der Waals surface area contributed by atoms with Crippen molar-refractivity contribution in [2.45, 2.75) is 32.1 Å². The zero-order chi connectivity index (χ0) is 39.2. The number of allylic oxidation sites excluding steroid dienone is 4. The van der Waals surface area contributed by atoms with Gasteiger partial charge in [0.1, 0.15) is 0 Å². The summed E-state index contributed by atoms with van der Waals surface area (Å²) in [4.78, 5) is 2.40. The van der Waals surface area contributed by atoms with E-state index in [1.165, 1.54) is 93.2 Å². The molecule has 2 aliphatic carbocycles. The van der Waals surface area contributed by atoms with Crippen LogP contribution in [0.3, 0.4) is 0 Å². The first kappa shape index (κ1) is 33.9. The second kappa shape index (κ2) is 12.9. The van der Waals surface area contributed by atoms with Gasteiger partial charge in [-0.05, 0) is 122 Å². The van der Waals surface area contributed by atoms with Crippen molar-refractivity contribution in [2.75, 3.05) is 4.90 Å². The van der Waals surface area contributed by atoms with E-state index in [-0.39, 0.29) is 5.41 Å². The SMILES string of the molecule is CC1(C)c2ccccc2-c2ccc(N(c3ccccc3)c3ccc(-c4cc5c6ccccc6c6c(c7ccccc7n6C6=CC=CCC6)c5c5ccccc45)cc3)cc21. The van der Waals surface area contributed by atoms with Crippen LogP contribution in [0.25, 0.3) is 82.1 Å². The number of aromatic nitrogens is 1. The summed E-state index contributed by atoms with van der Waals surface area (Å²) >= 11 is 0. The first-order chi connectivity index (χ1) is 29.1. The minimum atomic E-state index is -0.0829. The Bertz CT molecular complexity index is 3400. The summed E-state index contributed by atoms with van der Waals surface area (Å²) in [6, 6.07) is 65.5. The molecule has 1 heterocycles. The number of benzene rings is 9. The Morgan fingerprint density at radius 1 is 0.475 bits per heavy atom. The van der Waals surface area contributed by atoms with Crippen LogP contribution in [0.5, 0.6) is 0 Å². The summed E-state index contributed by atoms with van der Waals surface area (Å²) < 4.78 is 2.55. The van der Waals surface area contributed by atoms with Gasteiger partial charge in [0.25, 0.3) is 0 Å². The summed E-state index contributed by atoms with van der Waals surface area (Å²) in [6.45, 7) is 4.71. The minimum absolute atomic E-state index is 0.0829. The molecule has 0 spiro atoms. The Morgan fingerprint density at radius 2 is 1.12 bits per heavy atom. The van der Waals surface area contributed by atoms with Crippen molar-refractivity contribution < 1.29 is 0 Å². The van der Waals surface area contributed by atoms with Gasteiger partial charge in [0.2, 0.25) is 0 Å². The van der Waals surface area contributed by atoms with E-state index in [1.54, 1.807) is 0 Å². The standard InChI is InChI=1S/C57H42N2/c1-57(2)51-27-15-13-23-44(51)45-34-33-41(35-52(45)57)58(38-17-5-3-6-18-38)40-31-29-37(30-32-40)49-36-50-43-22-10-12-25-47(43)56-55(54(50)46-24-11-9-21-42(46)49)48-26-14-16-28-53(48)59(56)39-19-7-4-8-20-39/h3-7,9-19,21-36H,8,20H2,1-2H3. The zero-order valence-electron chi connectivity index (χ0n) is 33.3. The van der Waals surface area contributed by atoms with Crippen LogP contribution in [0.4, 0.5) is 17.1 Å². The van der Waals surface area contributed by atoms with Crippen molar-refractivity contribution >= 4 is 76.9 Å². The van der Waals surface area contributed by atoms with Gasteiger partial charge in [0.15, 0.2) is 0 Å². The fourth-order valence-corrected chi connectivity index (χ4v) is 10.5. The van der Waals surface area contributed by atoms with E-state index in [4.69, 9.17) is 0 Å². The Hall–Kier alpha value is -7.16. The maximum atomic E-state index is 2.55. The van der Waals surface area contributed by atoms with Gasteiger partial charge in [-0.3, -0.25) is 0 Å². The average Bonchev–Trinajstić information content (AvgIpc) is 3.76. The molecule has 0 N–H and O–H groups in total. The Balaban J connectivity index is 1.06. The van der Waals surface area contributed by atoms with Gasteiger partial charge in [-0.1, -0.05) is 153 Å². The predicted octanol–water partition coefficient (Wildman–Crippen LogP) is 15.9. The average molecular weight is 755 g/mol. The third kappa shape index (κ3) is 4.99. The van der Waals surface area contributed by atoms with E-state index in [0.717, 1.165) is 29.9 Å². The van der Waals surface area contributed by atoms with Crippen molar-refractivity contribution in [1.29, 1.82) is 0 Å². The van der Waals surface area contributed by atoms with Crippen LogP contribution in [-0.2, 0) is 5.41 Å². The van der Waals surface area contributed by atoms with Gasteiger partial charge in [0.05, 0.1) is 11.0 Å². The van der Waals surface area contributed by atoms with Gasteiger partial charge in [-0.2, -0.15) is 0 Å². The molecule has 0 unspecified atom stereocenters. The summed E-state index contributed by atoms with van der Waals surface area (Å²) in [7, 11) is 0. The van der Waals surface area contributed by atoms with E-state index >= 15 is 0 Å². The molecule has 0 aliphatic heterocycles. The lowest BCUT2D eigenvalue weighted by atomic mass is 9.82. The summed E-state index contributed by atoms with van der Waals surface area (Å²) in [5.74, 6) is 0. The molecule has 9 aromatic carbocycles. The second-order valence-electron chi connectivity index (χ2n) is 16.8. The Kier molecular flexibility index (Phi) is 7.43. The molecular formula is C57H42N2. The summed E-state index contributed by atoms with van der Waals surface area (Å²) in [5, 5.41) is 10.4. The molecule has 0 atom stereocenters. The normalized spacial score (nSPS) is 14.3. The summed E-state index contributed by atoms with van der Waals surface area (Å²) in [6.07, 6.45) is 8.88. The van der Waals surface area contributed by atoms with Crippen molar-refractivity contribution in [2.24, 2.45) is 0 Å². The first-order valence-electron chi connectivity index (χ1n) is 20.9. The lowest BCUT2D eigenvalue weighted by Crippen LogP contribution is -2.16. The third-order valence-corrected chi connectivity index (χ3v) is 13.2. The number of nitrogens with zero attached hydrogens (tertiary/aromatic N) is 2. The maximum absolute atomic E-state index is 2.55. The fraction of sp³-hybridized carbons (Fsp3) is 0.0877. The number of para-hydroxylation sites is 2. The topological polar surface area (TPSA) is 8.17 Å². The van der Waals surface area contributed by atoms with Gasteiger partial charge in [-0.25, -0.2) is 0 Å². The van der Waals surface area contributed by atoms with Gasteiger partial charge in [0, 0.05) is 49.7 Å². The highest BCUT2D eigenvalue weighted by molar-refractivity contribution is 6.38. The molecule has 0 bridgehead atoms. The maximum Gasteiger partial charge on any atom is 0.0622 e. The van der Waals surface area contributed by atoms with Gasteiger partial charge in [-0.15, -0.1) is 0 Å². The van der Waals surface area contributed by atoms with Crippen molar-refractivity contribution in [3.8, 4) is 22.3 Å². The number of hydrogen-bond donors (Lipinski definition) is 0. The molecule has 1 aromatic heterocycles. The second-order valence-corrected chi connectivity index (χ2v) is 16.8. The number of rotatable bonds is 5. The van der Waals surface area contributed by atoms with E-state index in [0.29, 0.717) is 0 Å². The molecule has 10 aromatic rings. The molecule has 2 nitrogen and oxygen atoms in total. The van der Waals surface area contributed by atoms with Crippen LogP contribution in [0.1, 0.15) is 37.8 Å². The predicted molar refractivity (Wildman–Crippen MR) is 252 cm³/mol. The highest BCUT2D eigenvalue weighted by atomic mass is 15.1. The van der Waals surface area contributed by atoms with Gasteiger partial charge < -0.3 is 9.47 Å². The zero-order valence-corrected chi connectivity index (χ0v) is 33.3. The molecule has 0 saturated carbocycles. The lowest BCUT2D eigenvalue weighted by Gasteiger charge is -2.28. The highest BCUT2D eigenvalue weighted by Crippen LogP contribution is 2.51. The Morgan fingerprint density at radius 3 is 1.92 bits per heavy atom. The molecule has 0 radical (unpaired) electrons. The Labute approximate surface area is 344 Å². The van der Waals surface area contributed by atoms with Crippen molar-refractivity contribution in [3.63, 3.8) is 0 Å². The highest BCUT2D eigenvalue weighted by Gasteiger charge is 2.35. The molecule has 2 aliphatic rings. The van der Waals surface area contributed by atoms with Crippen molar-refractivity contribution in [1.82, 2.24) is 4.57 Å². The monoisotopic (exact) mass is 754 g/mol.